The second kappa shape index (κ2) is 8.56. The number of hydrogen-bond donors (Lipinski definition) is 1. The smallest absolute Gasteiger partial charge is 0.254 e. The van der Waals surface area contributed by atoms with Gasteiger partial charge in [0, 0.05) is 37.7 Å². The highest BCUT2D eigenvalue weighted by atomic mass is 16.5. The van der Waals surface area contributed by atoms with Gasteiger partial charge in [-0.2, -0.15) is 5.10 Å². The predicted molar refractivity (Wildman–Crippen MR) is 100 cm³/mol. The third kappa shape index (κ3) is 5.09. The summed E-state index contributed by atoms with van der Waals surface area (Å²) in [5.74, 6) is 1.26. The molecule has 0 aromatic carbocycles. The molecule has 2 aromatic heterocycles. The fraction of sp³-hybridized carbons (Fsp3) is 0.632. The Morgan fingerprint density at radius 2 is 2.26 bits per heavy atom. The van der Waals surface area contributed by atoms with Crippen LogP contribution >= 0.6 is 0 Å². The Kier molecular flexibility index (Phi) is 6.15. The lowest BCUT2D eigenvalue weighted by Crippen LogP contribution is -2.30. The fourth-order valence-electron chi connectivity index (χ4n) is 3.43. The van der Waals surface area contributed by atoms with Crippen molar-refractivity contribution < 1.29 is 14.1 Å². The number of aryl methyl sites for hydroxylation is 1. The minimum Gasteiger partial charge on any atom is -0.473 e. The van der Waals surface area contributed by atoms with Gasteiger partial charge in [-0.15, -0.1) is 0 Å². The number of nitrogens with zero attached hydrogens (tertiary/aromatic N) is 4. The van der Waals surface area contributed by atoms with Gasteiger partial charge in [0.15, 0.2) is 0 Å². The van der Waals surface area contributed by atoms with E-state index in [1.165, 1.54) is 0 Å². The number of likely N-dealkylation sites (tertiary alicyclic amines) is 1. The van der Waals surface area contributed by atoms with Gasteiger partial charge in [-0.3, -0.25) is 9.89 Å². The van der Waals surface area contributed by atoms with Crippen molar-refractivity contribution in [1.82, 2.24) is 25.2 Å². The molecule has 27 heavy (non-hydrogen) atoms. The summed E-state index contributed by atoms with van der Waals surface area (Å²) in [6.45, 7) is 5.45. The van der Waals surface area contributed by atoms with Crippen LogP contribution in [0.25, 0.3) is 0 Å². The maximum atomic E-state index is 12.8. The number of hydrogen-bond acceptors (Lipinski definition) is 6. The van der Waals surface area contributed by atoms with Crippen LogP contribution in [0.3, 0.4) is 0 Å². The van der Waals surface area contributed by atoms with Crippen molar-refractivity contribution in [3.63, 3.8) is 0 Å². The first-order valence-corrected chi connectivity index (χ1v) is 9.53. The molecule has 1 aliphatic rings. The summed E-state index contributed by atoms with van der Waals surface area (Å²) in [5.41, 5.74) is 2.01. The number of nitrogens with one attached hydrogen (secondary N) is 1. The molecular weight excluding hydrogens is 346 g/mol. The lowest BCUT2D eigenvalue weighted by atomic mass is 10.1. The number of aromatic amines is 1. The summed E-state index contributed by atoms with van der Waals surface area (Å²) in [7, 11) is 4.04. The van der Waals surface area contributed by atoms with E-state index in [9.17, 15) is 4.79 Å². The summed E-state index contributed by atoms with van der Waals surface area (Å²) < 4.78 is 10.8. The molecule has 1 N–H and O–H groups in total. The van der Waals surface area contributed by atoms with E-state index in [-0.39, 0.29) is 18.1 Å². The highest BCUT2D eigenvalue weighted by Gasteiger charge is 2.31. The molecule has 1 unspecified atom stereocenters. The van der Waals surface area contributed by atoms with Gasteiger partial charge in [-0.1, -0.05) is 0 Å². The zero-order valence-corrected chi connectivity index (χ0v) is 16.6. The van der Waals surface area contributed by atoms with Gasteiger partial charge >= 0.3 is 0 Å². The SMILES string of the molecule is CC(C)Oc1cc(CCC(=O)N2CCCC2c2cc(CN(C)C)[nH]n2)on1. The van der Waals surface area contributed by atoms with Gasteiger partial charge in [-0.25, -0.2) is 0 Å². The Bertz CT molecular complexity index is 752. The molecule has 0 spiro atoms. The largest absolute Gasteiger partial charge is 0.473 e. The van der Waals surface area contributed by atoms with Crippen LogP contribution in [0.4, 0.5) is 0 Å². The number of rotatable bonds is 8. The minimum atomic E-state index is 0.0428. The van der Waals surface area contributed by atoms with E-state index in [4.69, 9.17) is 9.26 Å². The molecule has 148 valence electrons. The Morgan fingerprint density at radius 3 is 3.00 bits per heavy atom. The first-order chi connectivity index (χ1) is 12.9. The molecule has 0 radical (unpaired) electrons. The topological polar surface area (TPSA) is 87.5 Å². The van der Waals surface area contributed by atoms with Crippen LogP contribution in [0.5, 0.6) is 5.88 Å². The standard InChI is InChI=1S/C19H29N5O3/c1-13(2)26-18-11-15(27-22-18)7-8-19(25)24-9-5-6-17(24)16-10-14(20-21-16)12-23(3)4/h10-11,13,17H,5-9,12H2,1-4H3,(H,20,21). The molecule has 8 heteroatoms. The molecule has 2 aromatic rings. The third-order valence-electron chi connectivity index (χ3n) is 4.53. The molecule has 8 nitrogen and oxygen atoms in total. The van der Waals surface area contributed by atoms with Crippen LogP contribution < -0.4 is 4.74 Å². The molecule has 1 fully saturated rings. The van der Waals surface area contributed by atoms with Crippen molar-refractivity contribution in [3.8, 4) is 5.88 Å². The van der Waals surface area contributed by atoms with Gasteiger partial charge in [-0.05, 0) is 52.0 Å². The number of carbonyl (C=O) groups is 1. The van der Waals surface area contributed by atoms with Crippen LogP contribution in [0, 0.1) is 0 Å². The average Bonchev–Trinajstić information content (AvgIpc) is 3.31. The average molecular weight is 375 g/mol. The van der Waals surface area contributed by atoms with E-state index in [1.54, 1.807) is 6.07 Å². The molecule has 1 aliphatic heterocycles. The maximum absolute atomic E-state index is 12.8. The zero-order chi connectivity index (χ0) is 19.4. The quantitative estimate of drug-likeness (QED) is 0.763. The molecule has 0 bridgehead atoms. The van der Waals surface area contributed by atoms with Gasteiger partial charge in [0.05, 0.1) is 17.8 Å². The zero-order valence-electron chi connectivity index (χ0n) is 16.6. The molecule has 3 rings (SSSR count). The predicted octanol–water partition coefficient (Wildman–Crippen LogP) is 2.54. The summed E-state index contributed by atoms with van der Waals surface area (Å²) in [5, 5.41) is 11.4. The van der Waals surface area contributed by atoms with Gasteiger partial charge in [0.2, 0.25) is 5.91 Å². The number of carbonyl (C=O) groups excluding carboxylic acids is 1. The number of aromatic nitrogens is 3. The summed E-state index contributed by atoms with van der Waals surface area (Å²) in [6, 6.07) is 3.89. The Balaban J connectivity index is 1.57. The highest BCUT2D eigenvalue weighted by molar-refractivity contribution is 5.77. The van der Waals surface area contributed by atoms with Crippen LogP contribution in [0.1, 0.15) is 56.3 Å². The van der Waals surface area contributed by atoms with Crippen LogP contribution in [-0.4, -0.2) is 57.8 Å². The molecule has 3 heterocycles. The fourth-order valence-corrected chi connectivity index (χ4v) is 3.43. The summed E-state index contributed by atoms with van der Waals surface area (Å²) in [4.78, 5) is 16.8. The van der Waals surface area contributed by atoms with Crippen LogP contribution in [0.15, 0.2) is 16.7 Å². The molecule has 1 amide bonds. The molecule has 0 aliphatic carbocycles. The highest BCUT2D eigenvalue weighted by Crippen LogP contribution is 2.32. The lowest BCUT2D eigenvalue weighted by Gasteiger charge is -2.23. The Labute approximate surface area is 159 Å². The van der Waals surface area contributed by atoms with Crippen molar-refractivity contribution in [1.29, 1.82) is 0 Å². The van der Waals surface area contributed by atoms with Crippen molar-refractivity contribution in [2.75, 3.05) is 20.6 Å². The molecule has 1 atom stereocenters. The second-order valence-electron chi connectivity index (χ2n) is 7.60. The molecule has 1 saturated heterocycles. The first kappa shape index (κ1) is 19.4. The number of H-pyrrole nitrogens is 1. The normalized spacial score (nSPS) is 17.3. The molecular formula is C19H29N5O3. The van der Waals surface area contributed by atoms with E-state index < -0.39 is 0 Å². The van der Waals surface area contributed by atoms with Crippen molar-refractivity contribution >= 4 is 5.91 Å². The van der Waals surface area contributed by atoms with Gasteiger partial charge in [0.25, 0.3) is 5.88 Å². The third-order valence-corrected chi connectivity index (χ3v) is 4.53. The minimum absolute atomic E-state index is 0.0428. The Morgan fingerprint density at radius 1 is 1.44 bits per heavy atom. The van der Waals surface area contributed by atoms with Gasteiger partial charge in [0.1, 0.15) is 5.76 Å². The summed E-state index contributed by atoms with van der Waals surface area (Å²) >= 11 is 0. The Hall–Kier alpha value is -2.35. The van der Waals surface area contributed by atoms with Crippen LogP contribution in [0.2, 0.25) is 0 Å². The van der Waals surface area contributed by atoms with E-state index in [1.807, 2.05) is 32.8 Å². The van der Waals surface area contributed by atoms with Crippen molar-refractivity contribution in [2.45, 2.75) is 58.2 Å². The van der Waals surface area contributed by atoms with Crippen molar-refractivity contribution in [2.24, 2.45) is 0 Å². The van der Waals surface area contributed by atoms with E-state index in [2.05, 4.69) is 26.3 Å². The second-order valence-corrected chi connectivity index (χ2v) is 7.60. The first-order valence-electron chi connectivity index (χ1n) is 9.53. The van der Waals surface area contributed by atoms with Gasteiger partial charge < -0.3 is 19.1 Å². The number of amides is 1. The van der Waals surface area contributed by atoms with Crippen LogP contribution in [-0.2, 0) is 17.8 Å². The van der Waals surface area contributed by atoms with E-state index in [0.29, 0.717) is 24.5 Å². The number of ether oxygens (including phenoxy) is 1. The van der Waals surface area contributed by atoms with E-state index in [0.717, 1.165) is 37.3 Å². The monoisotopic (exact) mass is 375 g/mol. The summed E-state index contributed by atoms with van der Waals surface area (Å²) in [6.07, 6.45) is 2.90. The van der Waals surface area contributed by atoms with Crippen molar-refractivity contribution in [3.05, 3.63) is 29.3 Å². The lowest BCUT2D eigenvalue weighted by molar-refractivity contribution is -0.132. The van der Waals surface area contributed by atoms with E-state index >= 15 is 0 Å². The molecule has 0 saturated carbocycles. The maximum Gasteiger partial charge on any atom is 0.254 e.